The lowest BCUT2D eigenvalue weighted by molar-refractivity contribution is 0.298. The van der Waals surface area contributed by atoms with E-state index in [1.165, 1.54) is 21.6 Å². The maximum atomic E-state index is 4.34. The zero-order valence-electron chi connectivity index (χ0n) is 15.7. The number of aliphatic imine (C=N–C) groups is 1. The number of rotatable bonds is 6. The van der Waals surface area contributed by atoms with E-state index in [2.05, 4.69) is 84.2 Å². The fraction of sp³-hybridized carbons (Fsp3) is 0.421. The number of likely N-dealkylation sites (N-methyl/N-ethyl adjacent to an activating group) is 1. The van der Waals surface area contributed by atoms with Crippen LogP contribution in [0, 0.1) is 13.8 Å². The molecule has 2 rings (SSSR count). The second kappa shape index (κ2) is 10.8. The summed E-state index contributed by atoms with van der Waals surface area (Å²) in [5, 5.41) is 8.97. The fourth-order valence-corrected chi connectivity index (χ4v) is 3.40. The van der Waals surface area contributed by atoms with Crippen LogP contribution in [-0.4, -0.2) is 38.5 Å². The molecule has 1 unspecified atom stereocenters. The predicted octanol–water partition coefficient (Wildman–Crippen LogP) is 3.95. The van der Waals surface area contributed by atoms with Crippen molar-refractivity contribution in [2.75, 3.05) is 27.7 Å². The van der Waals surface area contributed by atoms with Gasteiger partial charge in [0.25, 0.3) is 0 Å². The summed E-state index contributed by atoms with van der Waals surface area (Å²) in [5.74, 6) is 0.835. The number of benzene rings is 1. The smallest absolute Gasteiger partial charge is 0.191 e. The van der Waals surface area contributed by atoms with Crippen LogP contribution in [0.25, 0.3) is 0 Å². The van der Waals surface area contributed by atoms with Crippen LogP contribution in [0.3, 0.4) is 0 Å². The van der Waals surface area contributed by atoms with Gasteiger partial charge in [0.2, 0.25) is 0 Å². The Labute approximate surface area is 172 Å². The van der Waals surface area contributed by atoms with Crippen molar-refractivity contribution in [3.8, 4) is 0 Å². The summed E-state index contributed by atoms with van der Waals surface area (Å²) in [7, 11) is 6.03. The van der Waals surface area contributed by atoms with Crippen molar-refractivity contribution in [1.29, 1.82) is 0 Å². The standard InChI is InChI=1S/C19H28N4S.HI/c1-14-6-8-16(9-7-14)17(23(4)5)12-21-19(20-3)22-13-18-15(2)10-11-24-18;/h6-11,17H,12-13H2,1-5H3,(H2,20,21,22);1H. The van der Waals surface area contributed by atoms with Gasteiger partial charge in [-0.3, -0.25) is 4.99 Å². The summed E-state index contributed by atoms with van der Waals surface area (Å²) in [5.41, 5.74) is 3.92. The Hall–Kier alpha value is -1.12. The Morgan fingerprint density at radius 1 is 1.12 bits per heavy atom. The highest BCUT2D eigenvalue weighted by molar-refractivity contribution is 14.0. The van der Waals surface area contributed by atoms with Crippen molar-refractivity contribution in [2.24, 2.45) is 4.99 Å². The first-order chi connectivity index (χ1) is 11.5. The summed E-state index contributed by atoms with van der Waals surface area (Å²) in [4.78, 5) is 7.92. The molecule has 2 N–H and O–H groups in total. The Bertz CT molecular complexity index is 664. The van der Waals surface area contributed by atoms with Crippen LogP contribution in [0.1, 0.15) is 27.6 Å². The summed E-state index contributed by atoms with van der Waals surface area (Å²) < 4.78 is 0. The minimum atomic E-state index is 0. The molecular formula is C19H29IN4S. The van der Waals surface area contributed by atoms with E-state index in [-0.39, 0.29) is 24.0 Å². The van der Waals surface area contributed by atoms with Gasteiger partial charge in [-0.25, -0.2) is 0 Å². The molecule has 0 amide bonds. The molecule has 0 fully saturated rings. The van der Waals surface area contributed by atoms with Gasteiger partial charge in [-0.05, 0) is 50.5 Å². The quantitative estimate of drug-likeness (QED) is 0.380. The molecule has 0 spiro atoms. The maximum Gasteiger partial charge on any atom is 0.191 e. The molecule has 0 aliphatic carbocycles. The maximum absolute atomic E-state index is 4.34. The van der Waals surface area contributed by atoms with Crippen molar-refractivity contribution in [3.05, 3.63) is 57.3 Å². The third-order valence-electron chi connectivity index (χ3n) is 4.16. The summed E-state index contributed by atoms with van der Waals surface area (Å²) in [6.07, 6.45) is 0. The highest BCUT2D eigenvalue weighted by Crippen LogP contribution is 2.18. The largest absolute Gasteiger partial charge is 0.354 e. The monoisotopic (exact) mass is 472 g/mol. The Balaban J connectivity index is 0.00000312. The molecule has 138 valence electrons. The number of thiophene rings is 1. The van der Waals surface area contributed by atoms with Crippen LogP contribution in [0.4, 0.5) is 0 Å². The molecule has 2 aromatic rings. The third-order valence-corrected chi connectivity index (χ3v) is 5.18. The number of hydrogen-bond donors (Lipinski definition) is 2. The molecule has 0 saturated carbocycles. The van der Waals surface area contributed by atoms with E-state index in [0.717, 1.165) is 19.0 Å². The van der Waals surface area contributed by atoms with E-state index in [9.17, 15) is 0 Å². The number of halogens is 1. The van der Waals surface area contributed by atoms with E-state index >= 15 is 0 Å². The Morgan fingerprint density at radius 3 is 2.32 bits per heavy atom. The average molecular weight is 472 g/mol. The molecule has 1 heterocycles. The van der Waals surface area contributed by atoms with Gasteiger partial charge in [0.05, 0.1) is 12.6 Å². The zero-order valence-corrected chi connectivity index (χ0v) is 18.8. The lowest BCUT2D eigenvalue weighted by Crippen LogP contribution is -2.41. The van der Waals surface area contributed by atoms with Crippen molar-refractivity contribution < 1.29 is 0 Å². The second-order valence-corrected chi connectivity index (χ2v) is 7.22. The van der Waals surface area contributed by atoms with Gasteiger partial charge in [-0.15, -0.1) is 35.3 Å². The molecule has 1 atom stereocenters. The Morgan fingerprint density at radius 2 is 1.80 bits per heavy atom. The first-order valence-corrected chi connectivity index (χ1v) is 9.09. The molecule has 0 bridgehead atoms. The number of nitrogens with one attached hydrogen (secondary N) is 2. The van der Waals surface area contributed by atoms with Crippen LogP contribution in [0.15, 0.2) is 40.7 Å². The van der Waals surface area contributed by atoms with Gasteiger partial charge in [0.15, 0.2) is 5.96 Å². The molecule has 1 aromatic heterocycles. The van der Waals surface area contributed by atoms with Crippen LogP contribution in [-0.2, 0) is 6.54 Å². The number of hydrogen-bond acceptors (Lipinski definition) is 3. The summed E-state index contributed by atoms with van der Waals surface area (Å²) in [6, 6.07) is 11.2. The minimum Gasteiger partial charge on any atom is -0.354 e. The van der Waals surface area contributed by atoms with Gasteiger partial charge >= 0.3 is 0 Å². The minimum absolute atomic E-state index is 0. The van der Waals surface area contributed by atoms with Crippen molar-refractivity contribution >= 4 is 41.3 Å². The van der Waals surface area contributed by atoms with E-state index in [1.54, 1.807) is 11.3 Å². The van der Waals surface area contributed by atoms with Crippen LogP contribution < -0.4 is 10.6 Å². The SMILES string of the molecule is CN=C(NCc1sccc1C)NCC(c1ccc(C)cc1)N(C)C.I. The van der Waals surface area contributed by atoms with E-state index in [4.69, 9.17) is 0 Å². The number of aryl methyl sites for hydroxylation is 2. The second-order valence-electron chi connectivity index (χ2n) is 6.22. The van der Waals surface area contributed by atoms with Crippen molar-refractivity contribution in [2.45, 2.75) is 26.4 Å². The van der Waals surface area contributed by atoms with Crippen molar-refractivity contribution in [3.63, 3.8) is 0 Å². The van der Waals surface area contributed by atoms with Gasteiger partial charge in [0, 0.05) is 18.5 Å². The van der Waals surface area contributed by atoms with E-state index < -0.39 is 0 Å². The van der Waals surface area contributed by atoms with Gasteiger partial charge in [-0.2, -0.15) is 0 Å². The van der Waals surface area contributed by atoms with E-state index in [1.807, 2.05) is 7.05 Å². The molecule has 4 nitrogen and oxygen atoms in total. The van der Waals surface area contributed by atoms with Gasteiger partial charge in [-0.1, -0.05) is 29.8 Å². The molecule has 25 heavy (non-hydrogen) atoms. The predicted molar refractivity (Wildman–Crippen MR) is 120 cm³/mol. The molecule has 0 radical (unpaired) electrons. The van der Waals surface area contributed by atoms with Crippen LogP contribution in [0.5, 0.6) is 0 Å². The average Bonchev–Trinajstić information content (AvgIpc) is 2.97. The Kier molecular flexibility index (Phi) is 9.45. The van der Waals surface area contributed by atoms with Gasteiger partial charge < -0.3 is 15.5 Å². The third kappa shape index (κ3) is 6.60. The first-order valence-electron chi connectivity index (χ1n) is 8.21. The zero-order chi connectivity index (χ0) is 17.5. The molecule has 0 aliphatic rings. The first kappa shape index (κ1) is 21.9. The van der Waals surface area contributed by atoms with E-state index in [0.29, 0.717) is 6.04 Å². The summed E-state index contributed by atoms with van der Waals surface area (Å²) in [6.45, 7) is 5.87. The van der Waals surface area contributed by atoms with Gasteiger partial charge in [0.1, 0.15) is 0 Å². The number of nitrogens with zero attached hydrogens (tertiary/aromatic N) is 2. The molecule has 1 aromatic carbocycles. The highest BCUT2D eigenvalue weighted by Gasteiger charge is 2.14. The lowest BCUT2D eigenvalue weighted by Gasteiger charge is -2.26. The number of guanidine groups is 1. The van der Waals surface area contributed by atoms with Crippen LogP contribution in [0.2, 0.25) is 0 Å². The van der Waals surface area contributed by atoms with Crippen molar-refractivity contribution in [1.82, 2.24) is 15.5 Å². The molecule has 6 heteroatoms. The summed E-state index contributed by atoms with van der Waals surface area (Å²) >= 11 is 1.78. The molecular weight excluding hydrogens is 443 g/mol. The molecule has 0 aliphatic heterocycles. The highest BCUT2D eigenvalue weighted by atomic mass is 127. The normalized spacial score (nSPS) is 12.6. The topological polar surface area (TPSA) is 39.7 Å². The lowest BCUT2D eigenvalue weighted by atomic mass is 10.0. The van der Waals surface area contributed by atoms with Crippen LogP contribution >= 0.6 is 35.3 Å². The molecule has 0 saturated heterocycles. The fourth-order valence-electron chi connectivity index (χ4n) is 2.55.